The first-order chi connectivity index (χ1) is 13.4. The Morgan fingerprint density at radius 3 is 1.41 bits per heavy atom. The van der Waals surface area contributed by atoms with Crippen LogP contribution in [-0.2, 0) is 0 Å². The maximum Gasteiger partial charge on any atom is 0.0272 e. The van der Waals surface area contributed by atoms with E-state index in [1.807, 2.05) is 0 Å². The minimum Gasteiger partial charge on any atom is -0.0728 e. The molecule has 4 rings (SSSR count). The predicted octanol–water partition coefficient (Wildman–Crippen LogP) is 7.91. The molecule has 2 aromatic rings. The summed E-state index contributed by atoms with van der Waals surface area (Å²) < 4.78 is 0. The van der Waals surface area contributed by atoms with Crippen molar-refractivity contribution in [2.24, 2.45) is 11.8 Å². The SMILES string of the molecule is C(=C1[C@H]2CCCCCCCCCC[C@@H]12)C(c1ccccc1)c1ccccc1. The van der Waals surface area contributed by atoms with Gasteiger partial charge in [-0.15, -0.1) is 0 Å². The lowest BCUT2D eigenvalue weighted by Gasteiger charge is -2.14. The Bertz CT molecular complexity index is 653. The highest BCUT2D eigenvalue weighted by Crippen LogP contribution is 2.53. The fourth-order valence-corrected chi connectivity index (χ4v) is 5.07. The van der Waals surface area contributed by atoms with Crippen LogP contribution in [-0.4, -0.2) is 0 Å². The fourth-order valence-electron chi connectivity index (χ4n) is 5.07. The molecular weight excluding hydrogens is 324 g/mol. The predicted molar refractivity (Wildman–Crippen MR) is 116 cm³/mol. The summed E-state index contributed by atoms with van der Waals surface area (Å²) >= 11 is 0. The smallest absolute Gasteiger partial charge is 0.0272 e. The number of fused-ring (bicyclic) bond motifs is 1. The Balaban J connectivity index is 1.56. The minimum atomic E-state index is 0.408. The highest BCUT2D eigenvalue weighted by Gasteiger charge is 2.42. The van der Waals surface area contributed by atoms with Gasteiger partial charge < -0.3 is 0 Å². The summed E-state index contributed by atoms with van der Waals surface area (Å²) in [5, 5.41) is 0. The van der Waals surface area contributed by atoms with Crippen molar-refractivity contribution in [3.8, 4) is 0 Å². The van der Waals surface area contributed by atoms with Crippen LogP contribution in [0.3, 0.4) is 0 Å². The highest BCUT2D eigenvalue weighted by atomic mass is 14.5. The van der Waals surface area contributed by atoms with Gasteiger partial charge in [0.05, 0.1) is 0 Å². The van der Waals surface area contributed by atoms with Crippen LogP contribution < -0.4 is 0 Å². The van der Waals surface area contributed by atoms with E-state index in [9.17, 15) is 0 Å². The molecule has 27 heavy (non-hydrogen) atoms. The Morgan fingerprint density at radius 1 is 0.556 bits per heavy atom. The highest BCUT2D eigenvalue weighted by molar-refractivity contribution is 5.42. The topological polar surface area (TPSA) is 0 Å². The molecule has 0 aromatic heterocycles. The molecule has 0 spiro atoms. The van der Waals surface area contributed by atoms with Crippen molar-refractivity contribution in [2.45, 2.75) is 70.1 Å². The second-order valence-corrected chi connectivity index (χ2v) is 8.58. The summed E-state index contributed by atoms with van der Waals surface area (Å²) in [6.45, 7) is 0. The second kappa shape index (κ2) is 9.40. The van der Waals surface area contributed by atoms with Gasteiger partial charge in [-0.05, 0) is 35.8 Å². The zero-order valence-corrected chi connectivity index (χ0v) is 16.7. The van der Waals surface area contributed by atoms with Gasteiger partial charge in [0.1, 0.15) is 0 Å². The largest absolute Gasteiger partial charge is 0.0728 e. The number of benzene rings is 2. The first kappa shape index (κ1) is 18.5. The standard InChI is InChI=1S/C27H34/c1-2-4-6-14-20-25-24(19-13-5-3-1)27(25)21-26(22-15-9-7-10-16-22)23-17-11-8-12-18-23/h7-12,15-18,21,24-26H,1-6,13-14,19-20H2/t24-,25+. The summed E-state index contributed by atoms with van der Waals surface area (Å²) in [6, 6.07) is 22.2. The van der Waals surface area contributed by atoms with Crippen LogP contribution in [0.15, 0.2) is 72.3 Å². The van der Waals surface area contributed by atoms with E-state index in [1.54, 1.807) is 5.57 Å². The van der Waals surface area contributed by atoms with Crippen LogP contribution in [0.25, 0.3) is 0 Å². The molecule has 0 heteroatoms. The van der Waals surface area contributed by atoms with E-state index in [1.165, 1.54) is 75.3 Å². The first-order valence-corrected chi connectivity index (χ1v) is 11.2. The van der Waals surface area contributed by atoms with Crippen LogP contribution in [0.2, 0.25) is 0 Å². The number of allylic oxidation sites excluding steroid dienone is 2. The van der Waals surface area contributed by atoms with E-state index in [4.69, 9.17) is 0 Å². The molecule has 142 valence electrons. The molecule has 0 bridgehead atoms. The molecule has 2 aliphatic rings. The van der Waals surface area contributed by atoms with E-state index >= 15 is 0 Å². The molecule has 2 aliphatic carbocycles. The molecule has 2 aromatic carbocycles. The number of hydrogen-bond donors (Lipinski definition) is 0. The monoisotopic (exact) mass is 358 g/mol. The van der Waals surface area contributed by atoms with Gasteiger partial charge in [0.15, 0.2) is 0 Å². The molecule has 2 saturated carbocycles. The minimum absolute atomic E-state index is 0.408. The average Bonchev–Trinajstić information content (AvgIpc) is 3.37. The van der Waals surface area contributed by atoms with Crippen LogP contribution in [0.5, 0.6) is 0 Å². The molecule has 0 saturated heterocycles. The van der Waals surface area contributed by atoms with Crippen molar-refractivity contribution in [2.75, 3.05) is 0 Å². The van der Waals surface area contributed by atoms with Crippen molar-refractivity contribution in [3.05, 3.63) is 83.4 Å². The molecule has 0 aliphatic heterocycles. The van der Waals surface area contributed by atoms with Gasteiger partial charge in [-0.2, -0.15) is 0 Å². The van der Waals surface area contributed by atoms with Gasteiger partial charge in [-0.3, -0.25) is 0 Å². The van der Waals surface area contributed by atoms with Gasteiger partial charge in [0.2, 0.25) is 0 Å². The first-order valence-electron chi connectivity index (χ1n) is 11.2. The summed E-state index contributed by atoms with van der Waals surface area (Å²) in [5.41, 5.74) is 4.63. The third-order valence-corrected chi connectivity index (χ3v) is 6.69. The van der Waals surface area contributed by atoms with Crippen LogP contribution in [0.4, 0.5) is 0 Å². The molecule has 0 nitrogen and oxygen atoms in total. The molecule has 0 heterocycles. The van der Waals surface area contributed by atoms with Crippen molar-refractivity contribution >= 4 is 0 Å². The van der Waals surface area contributed by atoms with E-state index in [-0.39, 0.29) is 0 Å². The van der Waals surface area contributed by atoms with E-state index in [0.717, 1.165) is 11.8 Å². The normalized spacial score (nSPS) is 25.4. The zero-order chi connectivity index (χ0) is 18.3. The Labute approximate surface area is 165 Å². The molecule has 2 atom stereocenters. The summed E-state index contributed by atoms with van der Waals surface area (Å²) in [7, 11) is 0. The van der Waals surface area contributed by atoms with Gasteiger partial charge in [0.25, 0.3) is 0 Å². The summed E-state index contributed by atoms with van der Waals surface area (Å²) in [4.78, 5) is 0. The van der Waals surface area contributed by atoms with Crippen LogP contribution >= 0.6 is 0 Å². The van der Waals surface area contributed by atoms with E-state index in [2.05, 4.69) is 66.7 Å². The lowest BCUT2D eigenvalue weighted by molar-refractivity contribution is 0.491. The van der Waals surface area contributed by atoms with Crippen molar-refractivity contribution in [1.29, 1.82) is 0 Å². The third kappa shape index (κ3) is 4.92. The molecule has 0 N–H and O–H groups in total. The average molecular weight is 359 g/mol. The Hall–Kier alpha value is -1.82. The third-order valence-electron chi connectivity index (χ3n) is 6.69. The van der Waals surface area contributed by atoms with Crippen molar-refractivity contribution in [3.63, 3.8) is 0 Å². The van der Waals surface area contributed by atoms with Gasteiger partial charge in [0, 0.05) is 5.92 Å². The van der Waals surface area contributed by atoms with E-state index in [0.29, 0.717) is 5.92 Å². The van der Waals surface area contributed by atoms with E-state index < -0.39 is 0 Å². The molecule has 0 unspecified atom stereocenters. The molecule has 0 amide bonds. The maximum absolute atomic E-state index is 2.64. The Morgan fingerprint density at radius 2 is 0.963 bits per heavy atom. The van der Waals surface area contributed by atoms with Gasteiger partial charge >= 0.3 is 0 Å². The van der Waals surface area contributed by atoms with Crippen LogP contribution in [0, 0.1) is 11.8 Å². The van der Waals surface area contributed by atoms with Crippen molar-refractivity contribution < 1.29 is 0 Å². The number of hydrogen-bond acceptors (Lipinski definition) is 0. The summed E-state index contributed by atoms with van der Waals surface area (Å²) in [5.74, 6) is 2.16. The number of rotatable bonds is 3. The lowest BCUT2D eigenvalue weighted by Crippen LogP contribution is -1.97. The fraction of sp³-hybridized carbons (Fsp3) is 0.481. The Kier molecular flexibility index (Phi) is 6.45. The zero-order valence-electron chi connectivity index (χ0n) is 16.7. The van der Waals surface area contributed by atoms with Crippen molar-refractivity contribution in [1.82, 2.24) is 0 Å². The van der Waals surface area contributed by atoms with Gasteiger partial charge in [-0.1, -0.05) is 124 Å². The second-order valence-electron chi connectivity index (χ2n) is 8.58. The van der Waals surface area contributed by atoms with Gasteiger partial charge in [-0.25, -0.2) is 0 Å². The molecule has 2 fully saturated rings. The maximum atomic E-state index is 2.64. The lowest BCUT2D eigenvalue weighted by atomic mass is 9.90. The summed E-state index contributed by atoms with van der Waals surface area (Å²) in [6.07, 6.45) is 17.1. The van der Waals surface area contributed by atoms with Crippen LogP contribution in [0.1, 0.15) is 81.3 Å². The molecule has 0 radical (unpaired) electrons. The molecular formula is C27H34. The quantitative estimate of drug-likeness (QED) is 0.489.